The molecule has 0 saturated heterocycles. The molecule has 1 aliphatic rings. The molecule has 3 aromatic rings. The first-order valence-electron chi connectivity index (χ1n) is 8.97. The Morgan fingerprint density at radius 1 is 1.26 bits per heavy atom. The van der Waals surface area contributed by atoms with E-state index >= 15 is 0 Å². The molecule has 6 heteroatoms. The highest BCUT2D eigenvalue weighted by Gasteiger charge is 2.26. The van der Waals surface area contributed by atoms with Crippen LogP contribution in [0.3, 0.4) is 0 Å². The van der Waals surface area contributed by atoms with E-state index in [1.807, 2.05) is 19.2 Å². The fourth-order valence-electron chi connectivity index (χ4n) is 3.25. The zero-order chi connectivity index (χ0) is 19.0. The predicted molar refractivity (Wildman–Crippen MR) is 101 cm³/mol. The maximum absolute atomic E-state index is 12.3. The van der Waals surface area contributed by atoms with Crippen LogP contribution in [0.5, 0.6) is 0 Å². The van der Waals surface area contributed by atoms with Crippen molar-refractivity contribution in [3.05, 3.63) is 53.2 Å². The number of nitrogens with zero attached hydrogens (tertiary/aromatic N) is 4. The van der Waals surface area contributed by atoms with Crippen molar-refractivity contribution in [1.29, 1.82) is 0 Å². The van der Waals surface area contributed by atoms with Crippen LogP contribution < -0.4 is 0 Å². The van der Waals surface area contributed by atoms with Gasteiger partial charge in [-0.25, -0.2) is 4.79 Å². The smallest absolute Gasteiger partial charge is 0.340 e. The minimum atomic E-state index is -0.403. The van der Waals surface area contributed by atoms with Gasteiger partial charge in [0.2, 0.25) is 0 Å². The molecule has 1 atom stereocenters. The highest BCUT2D eigenvalue weighted by molar-refractivity contribution is 6.04. The summed E-state index contributed by atoms with van der Waals surface area (Å²) in [4.78, 5) is 21.4. The van der Waals surface area contributed by atoms with E-state index in [2.05, 4.69) is 26.9 Å². The van der Waals surface area contributed by atoms with Gasteiger partial charge in [-0.05, 0) is 38.8 Å². The molecule has 0 amide bonds. The van der Waals surface area contributed by atoms with Crippen molar-refractivity contribution < 1.29 is 9.53 Å². The number of hydrogen-bond donors (Lipinski definition) is 0. The zero-order valence-electron chi connectivity index (χ0n) is 15.6. The van der Waals surface area contributed by atoms with E-state index in [4.69, 9.17) is 4.74 Å². The molecule has 136 valence electrons. The van der Waals surface area contributed by atoms with Crippen LogP contribution >= 0.6 is 0 Å². The number of ether oxygens (including phenoxy) is 1. The maximum Gasteiger partial charge on any atom is 0.340 e. The predicted octanol–water partition coefficient (Wildman–Crippen LogP) is 3.47. The summed E-state index contributed by atoms with van der Waals surface area (Å²) >= 11 is 0. The number of hydrogen-bond acceptors (Lipinski definition) is 5. The molecule has 1 saturated carbocycles. The summed E-state index contributed by atoms with van der Waals surface area (Å²) in [5, 5.41) is 5.36. The molecular formula is C21H20N4O2. The van der Waals surface area contributed by atoms with Crippen molar-refractivity contribution in [2.75, 3.05) is 7.11 Å². The summed E-state index contributed by atoms with van der Waals surface area (Å²) in [7, 11) is 1.38. The summed E-state index contributed by atoms with van der Waals surface area (Å²) in [5.74, 6) is 6.14. The second kappa shape index (κ2) is 6.84. The molecule has 6 nitrogen and oxygen atoms in total. The summed E-state index contributed by atoms with van der Waals surface area (Å²) in [6.07, 6.45) is 7.78. The Kier molecular flexibility index (Phi) is 4.36. The number of benzene rings is 1. The topological polar surface area (TPSA) is 69.9 Å². The first-order chi connectivity index (χ1) is 13.1. The SMILES string of the molecule is CC#Cc1ccc(C(=O)OC)c2c1cnn2C(C)c1cnc(C2CC2)cn1. The van der Waals surface area contributed by atoms with Gasteiger partial charge in [0.15, 0.2) is 0 Å². The Labute approximate surface area is 157 Å². The van der Waals surface area contributed by atoms with E-state index in [0.717, 1.165) is 22.3 Å². The van der Waals surface area contributed by atoms with E-state index in [1.165, 1.54) is 20.0 Å². The number of esters is 1. The van der Waals surface area contributed by atoms with Crippen LogP contribution in [0.1, 0.15) is 66.0 Å². The molecule has 0 radical (unpaired) electrons. The molecule has 0 N–H and O–H groups in total. The van der Waals surface area contributed by atoms with Crippen LogP contribution in [0.15, 0.2) is 30.7 Å². The lowest BCUT2D eigenvalue weighted by Gasteiger charge is -2.15. The number of carbonyl (C=O) groups is 1. The van der Waals surface area contributed by atoms with Crippen molar-refractivity contribution in [1.82, 2.24) is 19.7 Å². The summed E-state index contributed by atoms with van der Waals surface area (Å²) < 4.78 is 6.75. The van der Waals surface area contributed by atoms with E-state index in [-0.39, 0.29) is 6.04 Å². The van der Waals surface area contributed by atoms with Crippen LogP contribution in [0.4, 0.5) is 0 Å². The maximum atomic E-state index is 12.3. The van der Waals surface area contributed by atoms with Gasteiger partial charge in [-0.3, -0.25) is 14.6 Å². The number of methoxy groups -OCH3 is 1. The Morgan fingerprint density at radius 2 is 2.07 bits per heavy atom. The van der Waals surface area contributed by atoms with Gasteiger partial charge < -0.3 is 4.74 Å². The average Bonchev–Trinajstić information content (AvgIpc) is 3.46. The lowest BCUT2D eigenvalue weighted by atomic mass is 10.1. The van der Waals surface area contributed by atoms with Gasteiger partial charge in [-0.2, -0.15) is 5.10 Å². The molecule has 1 fully saturated rings. The van der Waals surface area contributed by atoms with Crippen LogP contribution in [0, 0.1) is 11.8 Å². The standard InChI is InChI=1S/C21H20N4O2/c1-4-5-14-8-9-16(21(26)27-3)20-17(14)10-24-25(20)13(2)18-11-23-19(12-22-18)15-6-7-15/h8-13,15H,6-7H2,1-3H3. The van der Waals surface area contributed by atoms with Crippen molar-refractivity contribution >= 4 is 16.9 Å². The molecular weight excluding hydrogens is 340 g/mol. The molecule has 0 spiro atoms. The largest absolute Gasteiger partial charge is 0.465 e. The second-order valence-electron chi connectivity index (χ2n) is 6.70. The molecule has 0 aliphatic heterocycles. The van der Waals surface area contributed by atoms with Gasteiger partial charge in [-0.1, -0.05) is 5.92 Å². The van der Waals surface area contributed by atoms with Crippen molar-refractivity contribution in [3.63, 3.8) is 0 Å². The molecule has 2 aromatic heterocycles. The summed E-state index contributed by atoms with van der Waals surface area (Å²) in [6, 6.07) is 3.38. The third-order valence-electron chi connectivity index (χ3n) is 4.90. The molecule has 1 aromatic carbocycles. The van der Waals surface area contributed by atoms with Crippen LogP contribution in [0.2, 0.25) is 0 Å². The molecule has 1 aliphatic carbocycles. The fourth-order valence-corrected chi connectivity index (χ4v) is 3.25. The normalized spacial score (nSPS) is 14.5. The van der Waals surface area contributed by atoms with Gasteiger partial charge in [-0.15, -0.1) is 5.92 Å². The quantitative estimate of drug-likeness (QED) is 0.526. The lowest BCUT2D eigenvalue weighted by Crippen LogP contribution is -2.13. The van der Waals surface area contributed by atoms with Gasteiger partial charge in [0.05, 0.1) is 48.0 Å². The molecule has 0 bridgehead atoms. The van der Waals surface area contributed by atoms with Gasteiger partial charge >= 0.3 is 5.97 Å². The zero-order valence-corrected chi connectivity index (χ0v) is 15.6. The first-order valence-corrected chi connectivity index (χ1v) is 8.97. The number of carbonyl (C=O) groups excluding carboxylic acids is 1. The van der Waals surface area contributed by atoms with Crippen LogP contribution in [0.25, 0.3) is 10.9 Å². The van der Waals surface area contributed by atoms with Crippen LogP contribution in [-0.4, -0.2) is 32.8 Å². The van der Waals surface area contributed by atoms with Gasteiger partial charge in [0, 0.05) is 23.1 Å². The average molecular weight is 360 g/mol. The Bertz CT molecular complexity index is 1070. The number of aromatic nitrogens is 4. The van der Waals surface area contributed by atoms with Crippen molar-refractivity contribution in [3.8, 4) is 11.8 Å². The summed E-state index contributed by atoms with van der Waals surface area (Å²) in [5.41, 5.74) is 3.83. The van der Waals surface area contributed by atoms with E-state index in [9.17, 15) is 4.79 Å². The van der Waals surface area contributed by atoms with Crippen molar-refractivity contribution in [2.24, 2.45) is 0 Å². The van der Waals surface area contributed by atoms with E-state index < -0.39 is 5.97 Å². The molecule has 2 heterocycles. The van der Waals surface area contributed by atoms with E-state index in [1.54, 1.807) is 30.1 Å². The Balaban J connectivity index is 1.83. The third-order valence-corrected chi connectivity index (χ3v) is 4.90. The minimum Gasteiger partial charge on any atom is -0.465 e. The Morgan fingerprint density at radius 3 is 2.70 bits per heavy atom. The lowest BCUT2D eigenvalue weighted by molar-refractivity contribution is 0.0602. The Hall–Kier alpha value is -3.20. The van der Waals surface area contributed by atoms with Crippen molar-refractivity contribution in [2.45, 2.75) is 38.6 Å². The van der Waals surface area contributed by atoms with Gasteiger partial charge in [0.25, 0.3) is 0 Å². The minimum absolute atomic E-state index is 0.184. The van der Waals surface area contributed by atoms with Crippen LogP contribution in [-0.2, 0) is 4.74 Å². The second-order valence-corrected chi connectivity index (χ2v) is 6.70. The highest BCUT2D eigenvalue weighted by Crippen LogP contribution is 2.38. The monoisotopic (exact) mass is 360 g/mol. The first kappa shape index (κ1) is 17.2. The highest BCUT2D eigenvalue weighted by atomic mass is 16.5. The number of fused-ring (bicyclic) bond motifs is 1. The van der Waals surface area contributed by atoms with E-state index in [0.29, 0.717) is 17.0 Å². The fraction of sp³-hybridized carbons (Fsp3) is 0.333. The third kappa shape index (κ3) is 3.06. The number of rotatable bonds is 4. The summed E-state index contributed by atoms with van der Waals surface area (Å²) in [6.45, 7) is 3.77. The molecule has 4 rings (SSSR count). The molecule has 27 heavy (non-hydrogen) atoms. The van der Waals surface area contributed by atoms with Gasteiger partial charge in [0.1, 0.15) is 0 Å². The molecule has 1 unspecified atom stereocenters.